The highest BCUT2D eigenvalue weighted by Crippen LogP contribution is 2.27. The lowest BCUT2D eigenvalue weighted by Crippen LogP contribution is -2.13. The molecule has 0 unspecified atom stereocenters. The Balaban J connectivity index is 2.19. The fourth-order valence-electron chi connectivity index (χ4n) is 1.86. The van der Waals surface area contributed by atoms with Gasteiger partial charge in [-0.25, -0.2) is 4.98 Å². The summed E-state index contributed by atoms with van der Waals surface area (Å²) in [6, 6.07) is 5.23. The smallest absolute Gasteiger partial charge is 0.272 e. The van der Waals surface area contributed by atoms with Crippen molar-refractivity contribution in [3.05, 3.63) is 44.3 Å². The van der Waals surface area contributed by atoms with Crippen LogP contribution in [0, 0.1) is 17.0 Å². The molecule has 0 amide bonds. The number of nitro groups is 1. The summed E-state index contributed by atoms with van der Waals surface area (Å²) >= 11 is 1.57. The number of thiazole rings is 1. The number of nitrogens with zero attached hydrogens (tertiary/aromatic N) is 2. The Morgan fingerprint density at radius 1 is 1.45 bits per heavy atom. The van der Waals surface area contributed by atoms with Crippen LogP contribution in [0.25, 0.3) is 11.3 Å². The van der Waals surface area contributed by atoms with E-state index in [4.69, 9.17) is 0 Å². The third-order valence-corrected chi connectivity index (χ3v) is 3.81. The number of aromatic nitrogens is 1. The molecule has 0 atom stereocenters. The SMILES string of the molecule is CCCNCc1nc(-c2ccc(C)c([N+](=O)[O-])c2)cs1. The van der Waals surface area contributed by atoms with E-state index in [1.54, 1.807) is 30.4 Å². The van der Waals surface area contributed by atoms with Crippen LogP contribution in [0.4, 0.5) is 5.69 Å². The molecule has 1 aromatic carbocycles. The van der Waals surface area contributed by atoms with Gasteiger partial charge in [0.25, 0.3) is 5.69 Å². The topological polar surface area (TPSA) is 68.1 Å². The van der Waals surface area contributed by atoms with Gasteiger partial charge in [0, 0.05) is 29.1 Å². The van der Waals surface area contributed by atoms with Gasteiger partial charge in [0.2, 0.25) is 0 Å². The van der Waals surface area contributed by atoms with Crippen LogP contribution in [0.3, 0.4) is 0 Å². The second-order valence-corrected chi connectivity index (χ2v) is 5.50. The Hall–Kier alpha value is -1.79. The third kappa shape index (κ3) is 3.40. The lowest BCUT2D eigenvalue weighted by Gasteiger charge is -2.01. The van der Waals surface area contributed by atoms with Crippen LogP contribution in [0.15, 0.2) is 23.6 Å². The minimum Gasteiger partial charge on any atom is -0.310 e. The molecule has 1 aromatic heterocycles. The van der Waals surface area contributed by atoms with Crippen molar-refractivity contribution in [3.8, 4) is 11.3 Å². The van der Waals surface area contributed by atoms with Crippen LogP contribution in [0.1, 0.15) is 23.9 Å². The molecule has 0 bridgehead atoms. The summed E-state index contributed by atoms with van der Waals surface area (Å²) in [4.78, 5) is 15.1. The Labute approximate surface area is 121 Å². The van der Waals surface area contributed by atoms with E-state index in [1.807, 2.05) is 11.4 Å². The second kappa shape index (κ2) is 6.58. The first kappa shape index (κ1) is 14.6. The van der Waals surface area contributed by atoms with Crippen LogP contribution in [-0.4, -0.2) is 16.5 Å². The Kier molecular flexibility index (Phi) is 4.81. The quantitative estimate of drug-likeness (QED) is 0.502. The van der Waals surface area contributed by atoms with E-state index in [-0.39, 0.29) is 10.6 Å². The molecule has 1 N–H and O–H groups in total. The Morgan fingerprint density at radius 2 is 2.25 bits per heavy atom. The van der Waals surface area contributed by atoms with Crippen molar-refractivity contribution < 1.29 is 4.92 Å². The van der Waals surface area contributed by atoms with Gasteiger partial charge in [0.15, 0.2) is 0 Å². The molecule has 0 saturated heterocycles. The lowest BCUT2D eigenvalue weighted by atomic mass is 10.1. The van der Waals surface area contributed by atoms with Gasteiger partial charge in [-0.05, 0) is 19.9 Å². The molecule has 2 rings (SSSR count). The van der Waals surface area contributed by atoms with Gasteiger partial charge < -0.3 is 5.32 Å². The first-order chi connectivity index (χ1) is 9.61. The lowest BCUT2D eigenvalue weighted by molar-refractivity contribution is -0.385. The highest BCUT2D eigenvalue weighted by Gasteiger charge is 2.13. The van der Waals surface area contributed by atoms with Gasteiger partial charge >= 0.3 is 0 Å². The van der Waals surface area contributed by atoms with Crippen LogP contribution < -0.4 is 5.32 Å². The molecule has 0 radical (unpaired) electrons. The summed E-state index contributed by atoms with van der Waals surface area (Å²) in [6.45, 7) is 5.56. The Bertz CT molecular complexity index is 610. The summed E-state index contributed by atoms with van der Waals surface area (Å²) < 4.78 is 0. The molecule has 6 heteroatoms. The molecule has 1 heterocycles. The number of benzene rings is 1. The van der Waals surface area contributed by atoms with Crippen molar-refractivity contribution in [1.82, 2.24) is 10.3 Å². The van der Waals surface area contributed by atoms with E-state index < -0.39 is 0 Å². The molecular weight excluding hydrogens is 274 g/mol. The number of rotatable bonds is 6. The normalized spacial score (nSPS) is 10.7. The first-order valence-corrected chi connectivity index (χ1v) is 7.40. The van der Waals surface area contributed by atoms with E-state index in [2.05, 4.69) is 17.2 Å². The summed E-state index contributed by atoms with van der Waals surface area (Å²) in [5.41, 5.74) is 2.40. The molecule has 0 fully saturated rings. The monoisotopic (exact) mass is 291 g/mol. The van der Waals surface area contributed by atoms with Crippen molar-refractivity contribution in [2.45, 2.75) is 26.8 Å². The van der Waals surface area contributed by atoms with Crippen LogP contribution in [0.5, 0.6) is 0 Å². The molecule has 106 valence electrons. The van der Waals surface area contributed by atoms with Crippen molar-refractivity contribution in [2.24, 2.45) is 0 Å². The molecule has 0 aliphatic heterocycles. The third-order valence-electron chi connectivity index (χ3n) is 2.96. The highest BCUT2D eigenvalue weighted by atomic mass is 32.1. The van der Waals surface area contributed by atoms with Gasteiger partial charge in [-0.2, -0.15) is 0 Å². The zero-order chi connectivity index (χ0) is 14.5. The fourth-order valence-corrected chi connectivity index (χ4v) is 2.64. The zero-order valence-corrected chi connectivity index (χ0v) is 12.4. The van der Waals surface area contributed by atoms with Gasteiger partial charge in [-0.1, -0.05) is 19.1 Å². The highest BCUT2D eigenvalue weighted by molar-refractivity contribution is 7.09. The van der Waals surface area contributed by atoms with Crippen LogP contribution in [-0.2, 0) is 6.54 Å². The van der Waals surface area contributed by atoms with E-state index >= 15 is 0 Å². The summed E-state index contributed by atoms with van der Waals surface area (Å²) in [6.07, 6.45) is 1.09. The van der Waals surface area contributed by atoms with Gasteiger partial charge in [0.1, 0.15) is 5.01 Å². The van der Waals surface area contributed by atoms with Gasteiger partial charge in [0.05, 0.1) is 10.6 Å². The Morgan fingerprint density at radius 3 is 2.95 bits per heavy atom. The molecule has 5 nitrogen and oxygen atoms in total. The van der Waals surface area contributed by atoms with Crippen molar-refractivity contribution in [3.63, 3.8) is 0 Å². The van der Waals surface area contributed by atoms with Crippen LogP contribution in [0.2, 0.25) is 0 Å². The minimum atomic E-state index is -0.352. The van der Waals surface area contributed by atoms with Crippen LogP contribution >= 0.6 is 11.3 Å². The average molecular weight is 291 g/mol. The largest absolute Gasteiger partial charge is 0.310 e. The van der Waals surface area contributed by atoms with E-state index in [0.717, 1.165) is 35.8 Å². The van der Waals surface area contributed by atoms with Crippen molar-refractivity contribution >= 4 is 17.0 Å². The van der Waals surface area contributed by atoms with Gasteiger partial charge in [-0.3, -0.25) is 10.1 Å². The zero-order valence-electron chi connectivity index (χ0n) is 11.5. The summed E-state index contributed by atoms with van der Waals surface area (Å²) in [5, 5.41) is 17.2. The average Bonchev–Trinajstić information content (AvgIpc) is 2.88. The maximum absolute atomic E-state index is 11.0. The number of nitrogens with one attached hydrogen (secondary N) is 1. The van der Waals surface area contributed by atoms with Crippen molar-refractivity contribution in [1.29, 1.82) is 0 Å². The molecular formula is C14H17N3O2S. The van der Waals surface area contributed by atoms with E-state index in [0.29, 0.717) is 5.56 Å². The van der Waals surface area contributed by atoms with Gasteiger partial charge in [-0.15, -0.1) is 11.3 Å². The van der Waals surface area contributed by atoms with Crippen molar-refractivity contribution in [2.75, 3.05) is 6.54 Å². The molecule has 0 saturated carbocycles. The number of nitro benzene ring substituents is 1. The first-order valence-electron chi connectivity index (χ1n) is 6.52. The molecule has 0 aliphatic carbocycles. The predicted octanol–water partition coefficient (Wildman–Crippen LogP) is 3.53. The molecule has 2 aromatic rings. The molecule has 0 spiro atoms. The summed E-state index contributed by atoms with van der Waals surface area (Å²) in [5.74, 6) is 0. The molecule has 20 heavy (non-hydrogen) atoms. The number of hydrogen-bond acceptors (Lipinski definition) is 5. The standard InChI is InChI=1S/C14H17N3O2S/c1-3-6-15-8-14-16-12(9-20-14)11-5-4-10(2)13(7-11)17(18)19/h4-5,7,9,15H,3,6,8H2,1-2H3. The number of hydrogen-bond donors (Lipinski definition) is 1. The van der Waals surface area contributed by atoms with E-state index in [1.165, 1.54) is 0 Å². The van der Waals surface area contributed by atoms with E-state index in [9.17, 15) is 10.1 Å². The number of aryl methyl sites for hydroxylation is 1. The minimum absolute atomic E-state index is 0.140. The summed E-state index contributed by atoms with van der Waals surface area (Å²) in [7, 11) is 0. The fraction of sp³-hybridized carbons (Fsp3) is 0.357. The predicted molar refractivity (Wildman–Crippen MR) is 80.9 cm³/mol. The molecule has 0 aliphatic rings. The maximum atomic E-state index is 11.0. The second-order valence-electron chi connectivity index (χ2n) is 4.56. The maximum Gasteiger partial charge on any atom is 0.272 e.